The summed E-state index contributed by atoms with van der Waals surface area (Å²) in [5.74, 6) is -0.404. The van der Waals surface area contributed by atoms with Crippen LogP contribution in [-0.2, 0) is 4.79 Å². The smallest absolute Gasteiger partial charge is 0.329 e. The molecule has 1 aromatic heterocycles. The van der Waals surface area contributed by atoms with Gasteiger partial charge >= 0.3 is 5.69 Å². The maximum absolute atomic E-state index is 15.6. The molecular formula is C25H33FN6O4. The van der Waals surface area contributed by atoms with Crippen molar-refractivity contribution < 1.29 is 13.9 Å². The molecule has 0 bridgehead atoms. The van der Waals surface area contributed by atoms with Crippen molar-refractivity contribution in [1.29, 1.82) is 0 Å². The lowest BCUT2D eigenvalue weighted by atomic mass is 9.96. The summed E-state index contributed by atoms with van der Waals surface area (Å²) in [6, 6.07) is 1.13. The molecule has 36 heavy (non-hydrogen) atoms. The second-order valence-corrected chi connectivity index (χ2v) is 9.51. The first kappa shape index (κ1) is 25.7. The minimum Gasteiger partial charge on any atom is -0.492 e. The van der Waals surface area contributed by atoms with Gasteiger partial charge in [0.1, 0.15) is 11.2 Å². The number of nitrogens with zero attached hydrogens (tertiary/aromatic N) is 4. The topological polar surface area (TPSA) is 104 Å². The number of ether oxygens (including phenoxy) is 1. The standard InChI is InChI=1S/C25H33FN6O4/c1-5-30(11-9-27-3)20(13-28-15(2)33)16-8-10-31(14-16)22-19(26)12-18-21(23(22)36-4)32(17-6-7-17)25(35)29-24(18)34/h12,16-17,20H,5-11,13-14H2,1-2,4H3,(H,28,33)(H,29,34,35). The number of benzene rings is 1. The Bertz CT molecular complexity index is 1290. The second-order valence-electron chi connectivity index (χ2n) is 9.51. The van der Waals surface area contributed by atoms with E-state index in [0.29, 0.717) is 38.2 Å². The number of hydrogen-bond acceptors (Lipinski definition) is 6. The molecule has 1 saturated carbocycles. The summed E-state index contributed by atoms with van der Waals surface area (Å²) in [5.41, 5.74) is -0.576. The molecule has 2 aliphatic rings. The van der Waals surface area contributed by atoms with Crippen LogP contribution in [0, 0.1) is 18.3 Å². The Hall–Kier alpha value is -3.39. The van der Waals surface area contributed by atoms with Gasteiger partial charge in [-0.05, 0) is 37.8 Å². The molecule has 2 fully saturated rings. The number of halogens is 1. The minimum absolute atomic E-state index is 0.0207. The van der Waals surface area contributed by atoms with Gasteiger partial charge in [0.15, 0.2) is 11.6 Å². The van der Waals surface area contributed by atoms with Crippen LogP contribution in [0.4, 0.5) is 10.1 Å². The summed E-state index contributed by atoms with van der Waals surface area (Å²) in [6.45, 7) is 13.8. The number of nitrogens with one attached hydrogen (secondary N) is 2. The lowest BCUT2D eigenvalue weighted by molar-refractivity contribution is -0.119. The monoisotopic (exact) mass is 500 g/mol. The summed E-state index contributed by atoms with van der Waals surface area (Å²) in [5, 5.41) is 3.01. The van der Waals surface area contributed by atoms with Gasteiger partial charge < -0.3 is 19.8 Å². The molecule has 2 atom stereocenters. The highest BCUT2D eigenvalue weighted by atomic mass is 19.1. The number of carbonyl (C=O) groups is 1. The summed E-state index contributed by atoms with van der Waals surface area (Å²) in [7, 11) is 1.43. The summed E-state index contributed by atoms with van der Waals surface area (Å²) < 4.78 is 22.8. The van der Waals surface area contributed by atoms with E-state index in [0.717, 1.165) is 25.8 Å². The molecule has 11 heteroatoms. The number of carbonyl (C=O) groups excluding carboxylic acids is 1. The molecule has 2 N–H and O–H groups in total. The highest BCUT2D eigenvalue weighted by Crippen LogP contribution is 2.43. The molecule has 4 rings (SSSR count). The number of anilines is 1. The summed E-state index contributed by atoms with van der Waals surface area (Å²) in [6.07, 6.45) is 2.38. The van der Waals surface area contributed by atoms with Crippen LogP contribution in [0.1, 0.15) is 39.2 Å². The zero-order chi connectivity index (χ0) is 26.0. The Balaban J connectivity index is 1.72. The molecule has 1 aliphatic heterocycles. The van der Waals surface area contributed by atoms with Gasteiger partial charge in [-0.15, -0.1) is 0 Å². The fourth-order valence-electron chi connectivity index (χ4n) is 5.40. The first-order valence-corrected chi connectivity index (χ1v) is 12.4. The van der Waals surface area contributed by atoms with Crippen LogP contribution in [0.3, 0.4) is 0 Å². The van der Waals surface area contributed by atoms with Crippen molar-refractivity contribution in [3.63, 3.8) is 0 Å². The highest BCUT2D eigenvalue weighted by Gasteiger charge is 2.37. The molecule has 0 spiro atoms. The van der Waals surface area contributed by atoms with Gasteiger partial charge in [0.05, 0.1) is 19.0 Å². The number of aromatic amines is 1. The van der Waals surface area contributed by atoms with Crippen LogP contribution in [0.2, 0.25) is 0 Å². The van der Waals surface area contributed by atoms with E-state index in [1.165, 1.54) is 24.7 Å². The van der Waals surface area contributed by atoms with E-state index in [1.54, 1.807) is 0 Å². The van der Waals surface area contributed by atoms with Crippen molar-refractivity contribution in [2.24, 2.45) is 5.92 Å². The van der Waals surface area contributed by atoms with Crippen LogP contribution in [0.25, 0.3) is 15.7 Å². The molecule has 2 unspecified atom stereocenters. The number of H-pyrrole nitrogens is 1. The molecular weight excluding hydrogens is 467 g/mol. The number of amides is 1. The Morgan fingerprint density at radius 3 is 2.75 bits per heavy atom. The van der Waals surface area contributed by atoms with Crippen LogP contribution in [0.5, 0.6) is 5.75 Å². The molecule has 1 saturated heterocycles. The van der Waals surface area contributed by atoms with E-state index >= 15 is 4.39 Å². The SMILES string of the molecule is [C-]#[N+]CCN(CC)C(CNC(C)=O)C1CCN(c2c(F)cc3c(=O)[nH]c(=O)n(C4CC4)c3c2OC)C1. The van der Waals surface area contributed by atoms with Crippen LogP contribution >= 0.6 is 0 Å². The van der Waals surface area contributed by atoms with Gasteiger partial charge in [-0.1, -0.05) is 6.92 Å². The van der Waals surface area contributed by atoms with Crippen molar-refractivity contribution in [2.75, 3.05) is 51.3 Å². The van der Waals surface area contributed by atoms with E-state index < -0.39 is 17.1 Å². The van der Waals surface area contributed by atoms with E-state index in [9.17, 15) is 14.4 Å². The molecule has 1 aliphatic carbocycles. The number of hydrogen-bond donors (Lipinski definition) is 2. The maximum Gasteiger partial charge on any atom is 0.329 e. The molecule has 2 aromatic rings. The van der Waals surface area contributed by atoms with Gasteiger partial charge in [0.2, 0.25) is 12.5 Å². The molecule has 2 heterocycles. The first-order chi connectivity index (χ1) is 17.3. The third kappa shape index (κ3) is 4.95. The Morgan fingerprint density at radius 2 is 2.14 bits per heavy atom. The van der Waals surface area contributed by atoms with Gasteiger partial charge in [-0.25, -0.2) is 15.8 Å². The quantitative estimate of drug-likeness (QED) is 0.482. The number of rotatable bonds is 10. The minimum atomic E-state index is -0.635. The molecule has 10 nitrogen and oxygen atoms in total. The Morgan fingerprint density at radius 1 is 1.39 bits per heavy atom. The van der Waals surface area contributed by atoms with Crippen LogP contribution in [-0.4, -0.2) is 72.8 Å². The average molecular weight is 501 g/mol. The normalized spacial score (nSPS) is 18.4. The number of aromatic nitrogens is 2. The fraction of sp³-hybridized carbons (Fsp3) is 0.600. The largest absolute Gasteiger partial charge is 0.492 e. The van der Waals surface area contributed by atoms with E-state index in [4.69, 9.17) is 11.3 Å². The molecule has 1 amide bonds. The van der Waals surface area contributed by atoms with Gasteiger partial charge in [0.25, 0.3) is 5.56 Å². The third-order valence-corrected chi connectivity index (χ3v) is 7.24. The van der Waals surface area contributed by atoms with E-state index in [1.807, 2.05) is 11.8 Å². The summed E-state index contributed by atoms with van der Waals surface area (Å²) in [4.78, 5) is 46.8. The first-order valence-electron chi connectivity index (χ1n) is 12.4. The van der Waals surface area contributed by atoms with Crippen molar-refractivity contribution in [3.8, 4) is 5.75 Å². The maximum atomic E-state index is 15.6. The van der Waals surface area contributed by atoms with E-state index in [2.05, 4.69) is 20.0 Å². The number of likely N-dealkylation sites (N-methyl/N-ethyl adjacent to an activating group) is 1. The van der Waals surface area contributed by atoms with Crippen molar-refractivity contribution in [3.05, 3.63) is 44.1 Å². The lowest BCUT2D eigenvalue weighted by Gasteiger charge is -2.34. The van der Waals surface area contributed by atoms with Crippen molar-refractivity contribution in [2.45, 2.75) is 45.2 Å². The number of fused-ring (bicyclic) bond motifs is 1. The predicted octanol–water partition coefficient (Wildman–Crippen LogP) is 1.74. The van der Waals surface area contributed by atoms with Crippen molar-refractivity contribution in [1.82, 2.24) is 19.8 Å². The van der Waals surface area contributed by atoms with Gasteiger partial charge in [0, 0.05) is 38.6 Å². The Labute approximate surface area is 208 Å². The zero-order valence-corrected chi connectivity index (χ0v) is 21.0. The highest BCUT2D eigenvalue weighted by molar-refractivity contribution is 5.91. The Kier molecular flexibility index (Phi) is 7.64. The van der Waals surface area contributed by atoms with Gasteiger partial charge in [-0.3, -0.25) is 24.0 Å². The van der Waals surface area contributed by atoms with Crippen molar-refractivity contribution >= 4 is 22.5 Å². The van der Waals surface area contributed by atoms with Crippen LogP contribution < -0.4 is 26.2 Å². The molecule has 1 aromatic carbocycles. The predicted molar refractivity (Wildman–Crippen MR) is 135 cm³/mol. The lowest BCUT2D eigenvalue weighted by Crippen LogP contribution is -2.49. The fourth-order valence-corrected chi connectivity index (χ4v) is 5.40. The molecule has 194 valence electrons. The average Bonchev–Trinajstić information content (AvgIpc) is 3.56. The number of methoxy groups -OCH3 is 1. The second kappa shape index (κ2) is 10.7. The molecule has 0 radical (unpaired) electrons. The zero-order valence-electron chi connectivity index (χ0n) is 21.0. The van der Waals surface area contributed by atoms with E-state index in [-0.39, 0.29) is 40.7 Å². The van der Waals surface area contributed by atoms with Gasteiger partial charge in [-0.2, -0.15) is 0 Å². The third-order valence-electron chi connectivity index (χ3n) is 7.24. The van der Waals surface area contributed by atoms with Crippen LogP contribution in [0.15, 0.2) is 15.7 Å². The summed E-state index contributed by atoms with van der Waals surface area (Å²) >= 11 is 0.